The van der Waals surface area contributed by atoms with E-state index in [0.29, 0.717) is 25.9 Å². The van der Waals surface area contributed by atoms with Crippen molar-refractivity contribution in [1.29, 1.82) is 0 Å². The molecular weight excluding hydrogens is 236 g/mol. The van der Waals surface area contributed by atoms with Crippen molar-refractivity contribution in [1.82, 2.24) is 4.90 Å². The number of benzene rings is 1. The van der Waals surface area contributed by atoms with Gasteiger partial charge in [-0.05, 0) is 49.5 Å². The van der Waals surface area contributed by atoms with Gasteiger partial charge in [0, 0.05) is 20.4 Å². The summed E-state index contributed by atoms with van der Waals surface area (Å²) in [5.41, 5.74) is -0.0397. The molecule has 1 aromatic rings. The fourth-order valence-corrected chi connectivity index (χ4v) is 2.07. The summed E-state index contributed by atoms with van der Waals surface area (Å²) >= 11 is 0. The van der Waals surface area contributed by atoms with Crippen molar-refractivity contribution < 1.29 is 13.0 Å². The minimum Gasteiger partial charge on any atom is -0.326 e. The second-order valence-electron chi connectivity index (χ2n) is 4.53. The van der Waals surface area contributed by atoms with E-state index in [1.54, 1.807) is 0 Å². The van der Waals surface area contributed by atoms with Gasteiger partial charge in [0.2, 0.25) is 5.91 Å². The van der Waals surface area contributed by atoms with Gasteiger partial charge in [-0.3, -0.25) is 4.79 Å². The molecule has 104 valence electrons. The Morgan fingerprint density at radius 1 is 1.37 bits per heavy atom. The molecule has 2 rings (SSSR count). The van der Waals surface area contributed by atoms with Crippen LogP contribution < -0.4 is 5.32 Å². The monoisotopic (exact) mass is 266 g/mol. The number of carbonyl (C=O) groups excluding carboxylic acids is 1. The van der Waals surface area contributed by atoms with Gasteiger partial charge in [0.1, 0.15) is 0 Å². The van der Waals surface area contributed by atoms with Gasteiger partial charge >= 0.3 is 0 Å². The van der Waals surface area contributed by atoms with Crippen molar-refractivity contribution >= 4 is 11.6 Å². The van der Waals surface area contributed by atoms with Gasteiger partial charge in [0.25, 0.3) is 0 Å². The molecular formula is C16H24N2O. The SMILES string of the molecule is [2H]C1([2H])C(=O)Nc2cccc(C([2H])([2H])C([2H])([2H])N(CCC)CCC)c21. The van der Waals surface area contributed by atoms with E-state index in [2.05, 4.69) is 5.32 Å². The molecule has 0 atom stereocenters. The second-order valence-corrected chi connectivity index (χ2v) is 4.53. The van der Waals surface area contributed by atoms with Crippen LogP contribution in [0.25, 0.3) is 0 Å². The van der Waals surface area contributed by atoms with Crippen LogP contribution in [0, 0.1) is 0 Å². The van der Waals surface area contributed by atoms with Crippen LogP contribution in [0.1, 0.15) is 46.0 Å². The molecule has 1 aliphatic heterocycles. The van der Waals surface area contributed by atoms with Crippen molar-refractivity contribution in [2.45, 2.75) is 39.4 Å². The molecule has 1 N–H and O–H groups in total. The van der Waals surface area contributed by atoms with Gasteiger partial charge in [0.15, 0.2) is 0 Å². The van der Waals surface area contributed by atoms with Crippen LogP contribution in [0.5, 0.6) is 0 Å². The average molecular weight is 266 g/mol. The molecule has 0 radical (unpaired) electrons. The van der Waals surface area contributed by atoms with Crippen LogP contribution in [0.15, 0.2) is 18.2 Å². The van der Waals surface area contributed by atoms with Crippen molar-refractivity contribution in [3.63, 3.8) is 0 Å². The van der Waals surface area contributed by atoms with Crippen LogP contribution in [0.2, 0.25) is 0 Å². The van der Waals surface area contributed by atoms with Gasteiger partial charge in [-0.15, -0.1) is 0 Å². The Bertz CT molecular complexity index is 656. The number of rotatable bonds is 7. The van der Waals surface area contributed by atoms with Crippen LogP contribution >= 0.6 is 0 Å². The standard InChI is InChI=1S/C16H24N2O/c1-3-9-18(10-4-2)11-8-13-6-5-7-15-14(13)12-16(19)17-15/h5-7H,3-4,8-12H2,1-2H3,(H,17,19)/i8D2,11D2,12D2. The van der Waals surface area contributed by atoms with Crippen molar-refractivity contribution in [3.8, 4) is 0 Å². The Morgan fingerprint density at radius 2 is 2.11 bits per heavy atom. The van der Waals surface area contributed by atoms with Crippen molar-refractivity contribution in [2.75, 3.05) is 24.9 Å². The lowest BCUT2D eigenvalue weighted by molar-refractivity contribution is -0.115. The number of anilines is 1. The fraction of sp³-hybridized carbons (Fsp3) is 0.562. The fourth-order valence-electron chi connectivity index (χ4n) is 2.07. The number of nitrogens with one attached hydrogen (secondary N) is 1. The summed E-state index contributed by atoms with van der Waals surface area (Å²) in [5, 5.41) is 2.41. The number of hydrogen-bond donors (Lipinski definition) is 1. The largest absolute Gasteiger partial charge is 0.326 e. The minimum absolute atomic E-state index is 0.109. The molecule has 0 saturated heterocycles. The van der Waals surface area contributed by atoms with Gasteiger partial charge in [-0.2, -0.15) is 0 Å². The highest BCUT2D eigenvalue weighted by atomic mass is 16.1. The smallest absolute Gasteiger partial charge is 0.228 e. The Labute approximate surface area is 124 Å². The minimum atomic E-state index is -2.50. The molecule has 0 spiro atoms. The van der Waals surface area contributed by atoms with Gasteiger partial charge in [-0.1, -0.05) is 26.0 Å². The molecule has 0 fully saturated rings. The average Bonchev–Trinajstić information content (AvgIpc) is 2.76. The summed E-state index contributed by atoms with van der Waals surface area (Å²) in [6.07, 6.45) is -3.55. The van der Waals surface area contributed by atoms with Crippen LogP contribution in [-0.4, -0.2) is 30.4 Å². The lowest BCUT2D eigenvalue weighted by Gasteiger charge is -2.21. The van der Waals surface area contributed by atoms with Crippen LogP contribution in [0.4, 0.5) is 5.69 Å². The molecule has 0 aromatic heterocycles. The van der Waals surface area contributed by atoms with E-state index in [4.69, 9.17) is 8.22 Å². The van der Waals surface area contributed by atoms with Gasteiger partial charge in [-0.25, -0.2) is 0 Å². The zero-order valence-electron chi connectivity index (χ0n) is 17.4. The lowest BCUT2D eigenvalue weighted by atomic mass is 10.0. The molecule has 1 heterocycles. The Balaban J connectivity index is 2.58. The van der Waals surface area contributed by atoms with E-state index in [1.165, 1.54) is 23.1 Å². The van der Waals surface area contributed by atoms with Crippen molar-refractivity contribution in [3.05, 3.63) is 29.3 Å². The summed E-state index contributed by atoms with van der Waals surface area (Å²) < 4.78 is 50.0. The first-order chi connectivity index (χ1) is 11.5. The zero-order valence-corrected chi connectivity index (χ0v) is 11.4. The van der Waals surface area contributed by atoms with Gasteiger partial charge < -0.3 is 10.2 Å². The maximum absolute atomic E-state index is 11.9. The molecule has 1 aliphatic rings. The summed E-state index contributed by atoms with van der Waals surface area (Å²) in [4.78, 5) is 13.4. The number of amides is 1. The molecule has 0 aliphatic carbocycles. The van der Waals surface area contributed by atoms with Crippen LogP contribution in [0.3, 0.4) is 0 Å². The Hall–Kier alpha value is -1.35. The Morgan fingerprint density at radius 3 is 2.79 bits per heavy atom. The molecule has 3 nitrogen and oxygen atoms in total. The lowest BCUT2D eigenvalue weighted by Crippen LogP contribution is -2.28. The summed E-state index contributed by atoms with van der Waals surface area (Å²) in [7, 11) is 0. The topological polar surface area (TPSA) is 32.3 Å². The predicted molar refractivity (Wildman–Crippen MR) is 79.5 cm³/mol. The first-order valence-electron chi connectivity index (χ1n) is 9.72. The highest BCUT2D eigenvalue weighted by Crippen LogP contribution is 2.26. The summed E-state index contributed by atoms with van der Waals surface area (Å²) in [6.45, 7) is 2.22. The van der Waals surface area contributed by atoms with E-state index < -0.39 is 25.1 Å². The Kier molecular flexibility index (Phi) is 2.84. The third kappa shape index (κ3) is 3.57. The second kappa shape index (κ2) is 6.71. The maximum atomic E-state index is 11.9. The maximum Gasteiger partial charge on any atom is 0.228 e. The van der Waals surface area contributed by atoms with E-state index in [0.717, 1.165) is 0 Å². The molecule has 1 amide bonds. The molecule has 3 heteroatoms. The third-order valence-corrected chi connectivity index (χ3v) is 2.89. The predicted octanol–water partition coefficient (Wildman–Crippen LogP) is 2.85. The molecule has 0 unspecified atom stereocenters. The number of aryl methyl sites for hydroxylation is 1. The molecule has 1 aromatic carbocycles. The molecule has 0 saturated carbocycles. The van der Waals surface area contributed by atoms with E-state index in [1.807, 2.05) is 13.8 Å². The first-order valence-corrected chi connectivity index (χ1v) is 6.72. The van der Waals surface area contributed by atoms with E-state index in [-0.39, 0.29) is 16.8 Å². The van der Waals surface area contributed by atoms with Crippen LogP contribution in [-0.2, 0) is 17.5 Å². The molecule has 0 bridgehead atoms. The number of fused-ring (bicyclic) bond motifs is 1. The normalized spacial score (nSPS) is 22.6. The number of carbonyl (C=O) groups is 1. The zero-order chi connectivity index (χ0) is 19.0. The van der Waals surface area contributed by atoms with E-state index >= 15 is 0 Å². The highest BCUT2D eigenvalue weighted by molar-refractivity contribution is 5.99. The third-order valence-electron chi connectivity index (χ3n) is 2.89. The van der Waals surface area contributed by atoms with Gasteiger partial charge in [0.05, 0.1) is 6.37 Å². The summed E-state index contributed by atoms with van der Waals surface area (Å²) in [5.74, 6) is -0.856. The quantitative estimate of drug-likeness (QED) is 0.823. The van der Waals surface area contributed by atoms with E-state index in [9.17, 15) is 4.79 Å². The molecule has 19 heavy (non-hydrogen) atoms. The first kappa shape index (κ1) is 8.05. The highest BCUT2D eigenvalue weighted by Gasteiger charge is 2.20. The number of hydrogen-bond acceptors (Lipinski definition) is 2. The number of nitrogens with zero attached hydrogens (tertiary/aromatic N) is 1. The summed E-state index contributed by atoms with van der Waals surface area (Å²) in [6, 6.07) is 4.38. The van der Waals surface area contributed by atoms with Crippen molar-refractivity contribution in [2.24, 2.45) is 0 Å².